The average molecular weight is 182 g/mol. The standard InChI is InChI=1S/C9H14N2O2/c1-11-9(6-3-4-7(6)12)8(13-2)5-10-11/h5-7,12H,3-4H2,1-2H3. The maximum absolute atomic E-state index is 9.53. The van der Waals surface area contributed by atoms with Crippen LogP contribution in [0.2, 0.25) is 0 Å². The van der Waals surface area contributed by atoms with E-state index in [-0.39, 0.29) is 12.0 Å². The van der Waals surface area contributed by atoms with E-state index in [1.165, 1.54) is 0 Å². The summed E-state index contributed by atoms with van der Waals surface area (Å²) in [6, 6.07) is 0. The largest absolute Gasteiger partial charge is 0.493 e. The Bertz CT molecular complexity index is 309. The molecule has 2 rings (SSSR count). The average Bonchev–Trinajstić information content (AvgIpc) is 2.46. The molecule has 72 valence electrons. The van der Waals surface area contributed by atoms with Crippen LogP contribution >= 0.6 is 0 Å². The van der Waals surface area contributed by atoms with E-state index < -0.39 is 0 Å². The zero-order valence-corrected chi connectivity index (χ0v) is 7.90. The Kier molecular flexibility index (Phi) is 2.00. The zero-order valence-electron chi connectivity index (χ0n) is 7.90. The summed E-state index contributed by atoms with van der Waals surface area (Å²) in [4.78, 5) is 0. The van der Waals surface area contributed by atoms with E-state index in [1.807, 2.05) is 7.05 Å². The predicted octanol–water partition coefficient (Wildman–Crippen LogP) is 0.667. The first-order valence-corrected chi connectivity index (χ1v) is 4.48. The van der Waals surface area contributed by atoms with Gasteiger partial charge in [-0.3, -0.25) is 4.68 Å². The fourth-order valence-electron chi connectivity index (χ4n) is 1.81. The number of ether oxygens (including phenoxy) is 1. The number of nitrogens with zero attached hydrogens (tertiary/aromatic N) is 2. The molecule has 1 N–H and O–H groups in total. The second kappa shape index (κ2) is 3.03. The SMILES string of the molecule is COc1cnn(C)c1C1CCC1O. The molecule has 0 aromatic carbocycles. The number of hydrogen-bond donors (Lipinski definition) is 1. The molecule has 0 saturated heterocycles. The van der Waals surface area contributed by atoms with Crippen molar-refractivity contribution in [2.45, 2.75) is 24.9 Å². The molecule has 1 aliphatic carbocycles. The fraction of sp³-hybridized carbons (Fsp3) is 0.667. The first-order chi connectivity index (χ1) is 6.24. The highest BCUT2D eigenvalue weighted by atomic mass is 16.5. The lowest BCUT2D eigenvalue weighted by atomic mass is 9.79. The van der Waals surface area contributed by atoms with Gasteiger partial charge in [0.25, 0.3) is 0 Å². The van der Waals surface area contributed by atoms with Gasteiger partial charge >= 0.3 is 0 Å². The molecule has 0 bridgehead atoms. The Hall–Kier alpha value is -1.03. The van der Waals surface area contributed by atoms with E-state index in [1.54, 1.807) is 18.0 Å². The molecule has 1 aromatic heterocycles. The Morgan fingerprint density at radius 2 is 2.38 bits per heavy atom. The van der Waals surface area contributed by atoms with Gasteiger partial charge in [-0.25, -0.2) is 0 Å². The van der Waals surface area contributed by atoms with Crippen molar-refractivity contribution in [2.24, 2.45) is 7.05 Å². The molecule has 1 saturated carbocycles. The third-order valence-corrected chi connectivity index (χ3v) is 2.76. The van der Waals surface area contributed by atoms with Crippen molar-refractivity contribution in [1.82, 2.24) is 9.78 Å². The Morgan fingerprint density at radius 3 is 2.85 bits per heavy atom. The molecule has 2 atom stereocenters. The van der Waals surface area contributed by atoms with Gasteiger partial charge in [0.15, 0.2) is 5.75 Å². The number of aliphatic hydroxyl groups is 1. The molecule has 1 aromatic rings. The monoisotopic (exact) mass is 182 g/mol. The van der Waals surface area contributed by atoms with Crippen LogP contribution in [0.15, 0.2) is 6.20 Å². The zero-order chi connectivity index (χ0) is 9.42. The predicted molar refractivity (Wildman–Crippen MR) is 47.7 cm³/mol. The lowest BCUT2D eigenvalue weighted by molar-refractivity contribution is 0.0612. The number of methoxy groups -OCH3 is 1. The Morgan fingerprint density at radius 1 is 1.62 bits per heavy atom. The van der Waals surface area contributed by atoms with Crippen molar-refractivity contribution in [3.63, 3.8) is 0 Å². The van der Waals surface area contributed by atoms with Crippen LogP contribution in [0.1, 0.15) is 24.5 Å². The first kappa shape index (κ1) is 8.56. The van der Waals surface area contributed by atoms with Crippen molar-refractivity contribution < 1.29 is 9.84 Å². The van der Waals surface area contributed by atoms with E-state index in [0.29, 0.717) is 0 Å². The van der Waals surface area contributed by atoms with Gasteiger partial charge in [-0.15, -0.1) is 0 Å². The van der Waals surface area contributed by atoms with Crippen LogP contribution in [0.3, 0.4) is 0 Å². The molecular weight excluding hydrogens is 168 g/mol. The molecule has 4 nitrogen and oxygen atoms in total. The number of aliphatic hydroxyl groups excluding tert-OH is 1. The lowest BCUT2D eigenvalue weighted by Gasteiger charge is -2.32. The highest BCUT2D eigenvalue weighted by Crippen LogP contribution is 2.40. The minimum absolute atomic E-state index is 0.211. The van der Waals surface area contributed by atoms with E-state index in [0.717, 1.165) is 24.3 Å². The van der Waals surface area contributed by atoms with Gasteiger partial charge in [-0.1, -0.05) is 0 Å². The summed E-state index contributed by atoms with van der Waals surface area (Å²) in [5.41, 5.74) is 1.02. The minimum Gasteiger partial charge on any atom is -0.493 e. The molecule has 0 radical (unpaired) electrons. The summed E-state index contributed by atoms with van der Waals surface area (Å²) in [7, 11) is 3.51. The second-order valence-electron chi connectivity index (χ2n) is 3.47. The van der Waals surface area contributed by atoms with Gasteiger partial charge in [0, 0.05) is 13.0 Å². The van der Waals surface area contributed by atoms with E-state index >= 15 is 0 Å². The molecule has 4 heteroatoms. The highest BCUT2D eigenvalue weighted by molar-refractivity contribution is 5.31. The number of aromatic nitrogens is 2. The normalized spacial score (nSPS) is 27.0. The smallest absolute Gasteiger partial charge is 0.160 e. The van der Waals surface area contributed by atoms with Crippen molar-refractivity contribution in [3.8, 4) is 5.75 Å². The van der Waals surface area contributed by atoms with Gasteiger partial charge in [0.1, 0.15) is 0 Å². The number of aryl methyl sites for hydroxylation is 1. The molecule has 1 heterocycles. The fourth-order valence-corrected chi connectivity index (χ4v) is 1.81. The topological polar surface area (TPSA) is 47.3 Å². The molecular formula is C9H14N2O2. The van der Waals surface area contributed by atoms with E-state index in [2.05, 4.69) is 5.10 Å². The minimum atomic E-state index is -0.218. The molecule has 0 spiro atoms. The highest BCUT2D eigenvalue weighted by Gasteiger charge is 2.34. The molecule has 1 aliphatic rings. The van der Waals surface area contributed by atoms with Crippen LogP contribution in [-0.2, 0) is 7.05 Å². The molecule has 2 unspecified atom stereocenters. The summed E-state index contributed by atoms with van der Waals surface area (Å²) in [6.45, 7) is 0. The van der Waals surface area contributed by atoms with Crippen molar-refractivity contribution in [1.29, 1.82) is 0 Å². The first-order valence-electron chi connectivity index (χ1n) is 4.48. The number of hydrogen-bond acceptors (Lipinski definition) is 3. The second-order valence-corrected chi connectivity index (χ2v) is 3.47. The summed E-state index contributed by atoms with van der Waals surface area (Å²) < 4.78 is 6.96. The van der Waals surface area contributed by atoms with Crippen LogP contribution in [0.4, 0.5) is 0 Å². The quantitative estimate of drug-likeness (QED) is 0.731. The maximum Gasteiger partial charge on any atom is 0.160 e. The molecule has 0 aliphatic heterocycles. The van der Waals surface area contributed by atoms with Crippen molar-refractivity contribution in [2.75, 3.05) is 7.11 Å². The molecule has 1 fully saturated rings. The summed E-state index contributed by atoms with van der Waals surface area (Å²) in [5.74, 6) is 0.994. The van der Waals surface area contributed by atoms with E-state index in [9.17, 15) is 5.11 Å². The van der Waals surface area contributed by atoms with Gasteiger partial charge < -0.3 is 9.84 Å². The van der Waals surface area contributed by atoms with E-state index in [4.69, 9.17) is 4.74 Å². The van der Waals surface area contributed by atoms with Crippen LogP contribution in [0, 0.1) is 0 Å². The van der Waals surface area contributed by atoms with Crippen LogP contribution < -0.4 is 4.74 Å². The summed E-state index contributed by atoms with van der Waals surface area (Å²) >= 11 is 0. The Labute approximate surface area is 77.1 Å². The van der Waals surface area contributed by atoms with Gasteiger partial charge in [-0.05, 0) is 12.8 Å². The van der Waals surface area contributed by atoms with Crippen LogP contribution in [0.5, 0.6) is 5.75 Å². The van der Waals surface area contributed by atoms with Crippen LogP contribution in [-0.4, -0.2) is 28.1 Å². The lowest BCUT2D eigenvalue weighted by Crippen LogP contribution is -2.30. The van der Waals surface area contributed by atoms with Gasteiger partial charge in [0.05, 0.1) is 25.1 Å². The molecule has 0 amide bonds. The van der Waals surface area contributed by atoms with Gasteiger partial charge in [0.2, 0.25) is 0 Å². The van der Waals surface area contributed by atoms with Crippen molar-refractivity contribution >= 4 is 0 Å². The molecule has 13 heavy (non-hydrogen) atoms. The third kappa shape index (κ3) is 1.21. The third-order valence-electron chi connectivity index (χ3n) is 2.76. The summed E-state index contributed by atoms with van der Waals surface area (Å²) in [5, 5.41) is 13.6. The van der Waals surface area contributed by atoms with Crippen molar-refractivity contribution in [3.05, 3.63) is 11.9 Å². The van der Waals surface area contributed by atoms with Crippen LogP contribution in [0.25, 0.3) is 0 Å². The number of rotatable bonds is 2. The maximum atomic E-state index is 9.53. The summed E-state index contributed by atoms with van der Waals surface area (Å²) in [6.07, 6.45) is 3.39. The Balaban J connectivity index is 2.31. The van der Waals surface area contributed by atoms with Gasteiger partial charge in [-0.2, -0.15) is 5.10 Å².